The molecule has 2 rings (SSSR count). The third-order valence-corrected chi connectivity index (χ3v) is 3.91. The molecule has 20 heavy (non-hydrogen) atoms. The molecule has 0 atom stereocenters. The van der Waals surface area contributed by atoms with E-state index < -0.39 is 5.97 Å². The maximum Gasteiger partial charge on any atom is 0.354 e. The highest BCUT2D eigenvalue weighted by molar-refractivity contribution is 7.17. The summed E-state index contributed by atoms with van der Waals surface area (Å²) in [6.45, 7) is 3.17. The molecule has 0 fully saturated rings. The van der Waals surface area contributed by atoms with Gasteiger partial charge in [-0.2, -0.15) is 0 Å². The lowest BCUT2D eigenvalue weighted by Crippen LogP contribution is -2.26. The molecular formula is C15H15NO3S. The molecule has 0 radical (unpaired) electrons. The quantitative estimate of drug-likeness (QED) is 0.698. The number of hydrogen-bond acceptors (Lipinski definition) is 4. The Bertz CT molecular complexity index is 700. The van der Waals surface area contributed by atoms with Crippen molar-refractivity contribution in [3.8, 4) is 0 Å². The van der Waals surface area contributed by atoms with E-state index in [1.807, 2.05) is 29.6 Å². The Balaban J connectivity index is 2.59. The molecule has 4 nitrogen and oxygen atoms in total. The molecule has 1 aromatic heterocycles. The minimum Gasteiger partial charge on any atom is -0.464 e. The fraction of sp³-hybridized carbons (Fsp3) is 0.200. The van der Waals surface area contributed by atoms with Crippen LogP contribution >= 0.6 is 11.3 Å². The Hall–Kier alpha value is -2.14. The predicted octanol–water partition coefficient (Wildman–Crippen LogP) is 2.94. The van der Waals surface area contributed by atoms with Gasteiger partial charge in [0, 0.05) is 17.0 Å². The highest BCUT2D eigenvalue weighted by atomic mass is 32.1. The first-order chi connectivity index (χ1) is 9.54. The summed E-state index contributed by atoms with van der Waals surface area (Å²) in [7, 11) is 1.29. The lowest BCUT2D eigenvalue weighted by atomic mass is 10.0. The van der Waals surface area contributed by atoms with Crippen LogP contribution in [0.25, 0.3) is 15.7 Å². The number of hydrogen-bond donors (Lipinski definition) is 1. The molecular weight excluding hydrogens is 274 g/mol. The molecule has 0 aliphatic rings. The maximum atomic E-state index is 11.8. The average Bonchev–Trinajstić information content (AvgIpc) is 2.87. The molecule has 2 aromatic rings. The molecule has 0 saturated carbocycles. The first-order valence-electron chi connectivity index (χ1n) is 6.08. The number of nitrogens with one attached hydrogen (secondary N) is 1. The van der Waals surface area contributed by atoms with E-state index >= 15 is 0 Å². The van der Waals surface area contributed by atoms with Crippen LogP contribution in [0.15, 0.2) is 35.3 Å². The molecule has 0 saturated heterocycles. The van der Waals surface area contributed by atoms with Crippen LogP contribution in [0.5, 0.6) is 0 Å². The number of fused-ring (bicyclic) bond motifs is 1. The summed E-state index contributed by atoms with van der Waals surface area (Å²) in [4.78, 5) is 23.1. The van der Waals surface area contributed by atoms with Crippen molar-refractivity contribution in [3.63, 3.8) is 0 Å². The lowest BCUT2D eigenvalue weighted by Gasteiger charge is -2.10. The van der Waals surface area contributed by atoms with Gasteiger partial charge in [-0.05, 0) is 29.5 Å². The van der Waals surface area contributed by atoms with Crippen LogP contribution in [0.1, 0.15) is 19.4 Å². The van der Waals surface area contributed by atoms with Crippen molar-refractivity contribution in [1.29, 1.82) is 0 Å². The van der Waals surface area contributed by atoms with Gasteiger partial charge in [0.1, 0.15) is 5.70 Å². The molecule has 0 unspecified atom stereocenters. The van der Waals surface area contributed by atoms with E-state index in [1.54, 1.807) is 18.3 Å². The van der Waals surface area contributed by atoms with E-state index in [0.29, 0.717) is 5.57 Å². The molecule has 1 N–H and O–H groups in total. The summed E-state index contributed by atoms with van der Waals surface area (Å²) in [5.74, 6) is -0.850. The number of benzene rings is 1. The third kappa shape index (κ3) is 2.72. The number of amides is 1. The van der Waals surface area contributed by atoms with Crippen LogP contribution in [0, 0.1) is 0 Å². The van der Waals surface area contributed by atoms with E-state index in [-0.39, 0.29) is 11.6 Å². The van der Waals surface area contributed by atoms with E-state index in [1.165, 1.54) is 14.0 Å². The third-order valence-electron chi connectivity index (χ3n) is 2.95. The maximum absolute atomic E-state index is 11.8. The number of allylic oxidation sites excluding steroid dienone is 1. The minimum atomic E-state index is -0.548. The SMILES string of the molecule is COC(=O)C(NC(C)=O)=C(C)c1csc2ccccc12. The topological polar surface area (TPSA) is 55.4 Å². The summed E-state index contributed by atoms with van der Waals surface area (Å²) in [5.41, 5.74) is 1.81. The fourth-order valence-corrected chi connectivity index (χ4v) is 2.99. The largest absolute Gasteiger partial charge is 0.464 e. The van der Waals surface area contributed by atoms with E-state index in [9.17, 15) is 9.59 Å². The Morgan fingerprint density at radius 2 is 1.90 bits per heavy atom. The summed E-state index contributed by atoms with van der Waals surface area (Å²) in [6, 6.07) is 7.93. The Kier molecular flexibility index (Phi) is 4.20. The summed E-state index contributed by atoms with van der Waals surface area (Å²) >= 11 is 1.60. The molecule has 0 aliphatic carbocycles. The molecule has 1 amide bonds. The molecule has 5 heteroatoms. The molecule has 0 bridgehead atoms. The molecule has 1 aromatic carbocycles. The van der Waals surface area contributed by atoms with Gasteiger partial charge in [0.25, 0.3) is 0 Å². The van der Waals surface area contributed by atoms with Crippen molar-refractivity contribution in [2.45, 2.75) is 13.8 Å². The van der Waals surface area contributed by atoms with Crippen molar-refractivity contribution in [3.05, 3.63) is 40.9 Å². The van der Waals surface area contributed by atoms with Gasteiger partial charge in [0.2, 0.25) is 5.91 Å². The zero-order chi connectivity index (χ0) is 14.7. The predicted molar refractivity (Wildman–Crippen MR) is 80.3 cm³/mol. The van der Waals surface area contributed by atoms with Crippen molar-refractivity contribution >= 4 is 38.9 Å². The van der Waals surface area contributed by atoms with Crippen LogP contribution in [0.4, 0.5) is 0 Å². The number of ether oxygens (including phenoxy) is 1. The van der Waals surface area contributed by atoms with Gasteiger partial charge in [0.05, 0.1) is 7.11 Å². The van der Waals surface area contributed by atoms with Gasteiger partial charge in [-0.3, -0.25) is 4.79 Å². The fourth-order valence-electron chi connectivity index (χ4n) is 1.98. The number of esters is 1. The lowest BCUT2D eigenvalue weighted by molar-refractivity contribution is -0.137. The second-order valence-corrected chi connectivity index (χ2v) is 5.23. The summed E-state index contributed by atoms with van der Waals surface area (Å²) < 4.78 is 5.87. The number of methoxy groups -OCH3 is 1. The molecule has 104 valence electrons. The summed E-state index contributed by atoms with van der Waals surface area (Å²) in [5, 5.41) is 5.59. The Labute approximate surface area is 121 Å². The number of thiophene rings is 1. The zero-order valence-electron chi connectivity index (χ0n) is 11.5. The average molecular weight is 289 g/mol. The highest BCUT2D eigenvalue weighted by Gasteiger charge is 2.17. The summed E-state index contributed by atoms with van der Waals surface area (Å²) in [6.07, 6.45) is 0. The smallest absolute Gasteiger partial charge is 0.354 e. The van der Waals surface area contributed by atoms with Crippen molar-refractivity contribution < 1.29 is 14.3 Å². The number of rotatable bonds is 3. The molecule has 0 spiro atoms. The van der Waals surface area contributed by atoms with Crippen LogP contribution in [0.2, 0.25) is 0 Å². The number of carbonyl (C=O) groups excluding carboxylic acids is 2. The minimum absolute atomic E-state index is 0.184. The van der Waals surface area contributed by atoms with Crippen LogP contribution in [-0.4, -0.2) is 19.0 Å². The molecule has 1 heterocycles. The van der Waals surface area contributed by atoms with Crippen LogP contribution < -0.4 is 5.32 Å². The number of carbonyl (C=O) groups is 2. The van der Waals surface area contributed by atoms with E-state index in [2.05, 4.69) is 5.32 Å². The molecule has 0 aliphatic heterocycles. The van der Waals surface area contributed by atoms with Crippen molar-refractivity contribution in [1.82, 2.24) is 5.32 Å². The van der Waals surface area contributed by atoms with Gasteiger partial charge in [-0.1, -0.05) is 18.2 Å². The van der Waals surface area contributed by atoms with Crippen LogP contribution in [0.3, 0.4) is 0 Å². The van der Waals surface area contributed by atoms with Crippen molar-refractivity contribution in [2.24, 2.45) is 0 Å². The van der Waals surface area contributed by atoms with Crippen molar-refractivity contribution in [2.75, 3.05) is 7.11 Å². The Morgan fingerprint density at radius 1 is 1.20 bits per heavy atom. The highest BCUT2D eigenvalue weighted by Crippen LogP contribution is 2.31. The van der Waals surface area contributed by atoms with Crippen LogP contribution in [-0.2, 0) is 14.3 Å². The van der Waals surface area contributed by atoms with Gasteiger partial charge in [-0.15, -0.1) is 11.3 Å². The van der Waals surface area contributed by atoms with Gasteiger partial charge >= 0.3 is 5.97 Å². The monoisotopic (exact) mass is 289 g/mol. The zero-order valence-corrected chi connectivity index (χ0v) is 12.3. The second-order valence-electron chi connectivity index (χ2n) is 4.32. The standard InChI is InChI=1S/C15H15NO3S/c1-9(14(15(18)19-3)16-10(2)17)12-8-20-13-7-5-4-6-11(12)13/h4-8H,1-3H3,(H,16,17). The normalized spacial score (nSPS) is 11.9. The van der Waals surface area contributed by atoms with E-state index in [4.69, 9.17) is 4.74 Å². The van der Waals surface area contributed by atoms with E-state index in [0.717, 1.165) is 15.6 Å². The first-order valence-corrected chi connectivity index (χ1v) is 6.96. The Morgan fingerprint density at radius 3 is 2.55 bits per heavy atom. The second kappa shape index (κ2) is 5.88. The van der Waals surface area contributed by atoms with Gasteiger partial charge < -0.3 is 10.1 Å². The first kappa shape index (κ1) is 14.3. The van der Waals surface area contributed by atoms with Gasteiger partial charge in [0.15, 0.2) is 0 Å². The van der Waals surface area contributed by atoms with Gasteiger partial charge in [-0.25, -0.2) is 4.79 Å².